The molecule has 0 aliphatic carbocycles. The van der Waals surface area contributed by atoms with Gasteiger partial charge in [0, 0.05) is 5.69 Å². The van der Waals surface area contributed by atoms with E-state index < -0.39 is 35.8 Å². The summed E-state index contributed by atoms with van der Waals surface area (Å²) in [6, 6.07) is 10.5. The number of β-lactam (4-membered cyclic amide) rings is 1. The third-order valence-electron chi connectivity index (χ3n) is 5.05. The Morgan fingerprint density at radius 2 is 1.52 bits per heavy atom. The SMILES string of the molecule is CCOC(=O)C1C(N2C(=O)c3ccccc3C2=O)C(=O)N1c1ccc(OC)cc1. The van der Waals surface area contributed by atoms with Crippen LogP contribution in [0.3, 0.4) is 0 Å². The van der Waals surface area contributed by atoms with Crippen LogP contribution in [-0.2, 0) is 14.3 Å². The summed E-state index contributed by atoms with van der Waals surface area (Å²) < 4.78 is 10.2. The van der Waals surface area contributed by atoms with Gasteiger partial charge in [-0.25, -0.2) is 4.79 Å². The first kappa shape index (κ1) is 18.7. The molecule has 2 aromatic carbocycles. The highest BCUT2D eigenvalue weighted by Crippen LogP contribution is 2.37. The fourth-order valence-corrected chi connectivity index (χ4v) is 3.68. The first-order valence-electron chi connectivity index (χ1n) is 9.10. The highest BCUT2D eigenvalue weighted by atomic mass is 16.5. The molecule has 0 spiro atoms. The summed E-state index contributed by atoms with van der Waals surface area (Å²) in [5.41, 5.74) is 0.883. The largest absolute Gasteiger partial charge is 0.497 e. The van der Waals surface area contributed by atoms with Crippen molar-refractivity contribution >= 4 is 29.4 Å². The normalized spacial score (nSPS) is 20.4. The second-order valence-electron chi connectivity index (χ2n) is 6.57. The van der Waals surface area contributed by atoms with Crippen molar-refractivity contribution in [3.63, 3.8) is 0 Å². The highest BCUT2D eigenvalue weighted by molar-refractivity contribution is 6.26. The van der Waals surface area contributed by atoms with Crippen LogP contribution in [0.1, 0.15) is 27.6 Å². The van der Waals surface area contributed by atoms with Crippen LogP contribution in [0.15, 0.2) is 48.5 Å². The molecule has 8 heteroatoms. The first-order valence-corrected chi connectivity index (χ1v) is 9.10. The fourth-order valence-electron chi connectivity index (χ4n) is 3.68. The maximum absolute atomic E-state index is 13.0. The molecular weight excluding hydrogens is 376 g/mol. The molecule has 148 valence electrons. The summed E-state index contributed by atoms with van der Waals surface area (Å²) >= 11 is 0. The highest BCUT2D eigenvalue weighted by Gasteiger charge is 2.60. The second kappa shape index (κ2) is 7.05. The quantitative estimate of drug-likeness (QED) is 0.435. The number of hydrogen-bond donors (Lipinski definition) is 0. The lowest BCUT2D eigenvalue weighted by Crippen LogP contribution is -2.74. The van der Waals surface area contributed by atoms with Gasteiger partial charge in [0.2, 0.25) is 0 Å². The molecular formula is C21H18N2O6. The Bertz CT molecular complexity index is 981. The molecule has 2 aliphatic heterocycles. The summed E-state index contributed by atoms with van der Waals surface area (Å²) in [6.07, 6.45) is 0. The standard InChI is InChI=1S/C21H18N2O6/c1-3-29-21(27)17-16(20(26)22(17)12-8-10-13(28-2)11-9-12)23-18(24)14-6-4-5-7-15(14)19(23)25/h4-11,16-17H,3H2,1-2H3. The molecule has 29 heavy (non-hydrogen) atoms. The summed E-state index contributed by atoms with van der Waals surface area (Å²) in [4.78, 5) is 53.4. The van der Waals surface area contributed by atoms with Gasteiger partial charge in [-0.05, 0) is 43.3 Å². The Labute approximate surface area is 166 Å². The smallest absolute Gasteiger partial charge is 0.331 e. The van der Waals surface area contributed by atoms with Crippen LogP contribution in [0, 0.1) is 0 Å². The molecule has 0 bridgehead atoms. The molecule has 2 atom stereocenters. The van der Waals surface area contributed by atoms with Crippen LogP contribution >= 0.6 is 0 Å². The van der Waals surface area contributed by atoms with Crippen molar-refractivity contribution in [2.24, 2.45) is 0 Å². The van der Waals surface area contributed by atoms with Crippen LogP contribution < -0.4 is 9.64 Å². The van der Waals surface area contributed by atoms with Crippen molar-refractivity contribution in [1.29, 1.82) is 0 Å². The van der Waals surface area contributed by atoms with E-state index >= 15 is 0 Å². The Hall–Kier alpha value is -3.68. The topological polar surface area (TPSA) is 93.2 Å². The number of hydrogen-bond acceptors (Lipinski definition) is 6. The Morgan fingerprint density at radius 3 is 2.03 bits per heavy atom. The molecule has 4 rings (SSSR count). The van der Waals surface area contributed by atoms with Gasteiger partial charge < -0.3 is 9.47 Å². The van der Waals surface area contributed by atoms with Crippen LogP contribution in [0.4, 0.5) is 5.69 Å². The van der Waals surface area contributed by atoms with Gasteiger partial charge in [-0.1, -0.05) is 12.1 Å². The van der Waals surface area contributed by atoms with Gasteiger partial charge in [0.1, 0.15) is 5.75 Å². The van der Waals surface area contributed by atoms with E-state index in [0.717, 1.165) is 4.90 Å². The van der Waals surface area contributed by atoms with Crippen LogP contribution in [0.2, 0.25) is 0 Å². The first-order chi connectivity index (χ1) is 14.0. The van der Waals surface area contributed by atoms with Crippen LogP contribution in [-0.4, -0.2) is 54.4 Å². The number of fused-ring (bicyclic) bond motifs is 1. The number of nitrogens with zero attached hydrogens (tertiary/aromatic N) is 2. The van der Waals surface area contributed by atoms with Crippen LogP contribution in [0.5, 0.6) is 5.75 Å². The van der Waals surface area contributed by atoms with Gasteiger partial charge in [0.15, 0.2) is 12.1 Å². The lowest BCUT2D eigenvalue weighted by Gasteiger charge is -2.47. The van der Waals surface area contributed by atoms with Gasteiger partial charge >= 0.3 is 5.97 Å². The zero-order valence-electron chi connectivity index (χ0n) is 15.8. The molecule has 0 radical (unpaired) electrons. The van der Waals surface area contributed by atoms with Crippen molar-refractivity contribution in [2.45, 2.75) is 19.0 Å². The minimum absolute atomic E-state index is 0.106. The number of carbonyl (C=O) groups excluding carboxylic acids is 4. The van der Waals surface area contributed by atoms with E-state index in [1.54, 1.807) is 43.3 Å². The lowest BCUT2D eigenvalue weighted by molar-refractivity contribution is -0.153. The Balaban J connectivity index is 1.70. The number of esters is 1. The van der Waals surface area contributed by atoms with E-state index in [0.29, 0.717) is 11.4 Å². The van der Waals surface area contributed by atoms with Crippen molar-refractivity contribution in [1.82, 2.24) is 4.90 Å². The van der Waals surface area contributed by atoms with Crippen molar-refractivity contribution < 1.29 is 28.7 Å². The number of anilines is 1. The number of amides is 3. The van der Waals surface area contributed by atoms with E-state index in [1.165, 1.54) is 24.1 Å². The van der Waals surface area contributed by atoms with Gasteiger partial charge in [-0.3, -0.25) is 24.2 Å². The predicted molar refractivity (Wildman–Crippen MR) is 102 cm³/mol. The number of imide groups is 1. The second-order valence-corrected chi connectivity index (χ2v) is 6.57. The minimum Gasteiger partial charge on any atom is -0.497 e. The summed E-state index contributed by atoms with van der Waals surface area (Å²) in [7, 11) is 1.52. The Morgan fingerprint density at radius 1 is 0.931 bits per heavy atom. The van der Waals surface area contributed by atoms with E-state index in [4.69, 9.17) is 9.47 Å². The molecule has 0 aromatic heterocycles. The molecule has 0 N–H and O–H groups in total. The van der Waals surface area contributed by atoms with Gasteiger partial charge in [-0.2, -0.15) is 0 Å². The monoisotopic (exact) mass is 394 g/mol. The number of methoxy groups -OCH3 is 1. The van der Waals surface area contributed by atoms with E-state index in [2.05, 4.69) is 0 Å². The molecule has 1 saturated heterocycles. The van der Waals surface area contributed by atoms with Crippen molar-refractivity contribution in [3.05, 3.63) is 59.7 Å². The van der Waals surface area contributed by atoms with Crippen molar-refractivity contribution in [3.8, 4) is 5.75 Å². The molecule has 8 nitrogen and oxygen atoms in total. The zero-order valence-corrected chi connectivity index (χ0v) is 15.8. The number of benzene rings is 2. The molecule has 2 aliphatic rings. The maximum Gasteiger partial charge on any atom is 0.331 e. The van der Waals surface area contributed by atoms with Gasteiger partial charge in [-0.15, -0.1) is 0 Å². The molecule has 1 fully saturated rings. The third kappa shape index (κ3) is 2.75. The average Bonchev–Trinajstić information content (AvgIpc) is 2.98. The zero-order chi connectivity index (χ0) is 20.7. The maximum atomic E-state index is 13.0. The van der Waals surface area contributed by atoms with E-state index in [9.17, 15) is 19.2 Å². The fraction of sp³-hybridized carbons (Fsp3) is 0.238. The third-order valence-corrected chi connectivity index (χ3v) is 5.05. The molecule has 2 aromatic rings. The van der Waals surface area contributed by atoms with E-state index in [-0.39, 0.29) is 17.7 Å². The molecule has 2 unspecified atom stereocenters. The van der Waals surface area contributed by atoms with E-state index in [1.807, 2.05) is 0 Å². The summed E-state index contributed by atoms with van der Waals surface area (Å²) in [5, 5.41) is 0. The lowest BCUT2D eigenvalue weighted by atomic mass is 9.92. The average molecular weight is 394 g/mol. The Kier molecular flexibility index (Phi) is 4.54. The summed E-state index contributed by atoms with van der Waals surface area (Å²) in [5.74, 6) is -1.79. The predicted octanol–water partition coefficient (Wildman–Crippen LogP) is 1.64. The molecule has 0 saturated carbocycles. The molecule has 3 amide bonds. The number of rotatable bonds is 5. The van der Waals surface area contributed by atoms with Crippen molar-refractivity contribution in [2.75, 3.05) is 18.6 Å². The van der Waals surface area contributed by atoms with Gasteiger partial charge in [0.25, 0.3) is 17.7 Å². The summed E-state index contributed by atoms with van der Waals surface area (Å²) in [6.45, 7) is 1.75. The van der Waals surface area contributed by atoms with Crippen LogP contribution in [0.25, 0.3) is 0 Å². The number of carbonyl (C=O) groups is 4. The number of ether oxygens (including phenoxy) is 2. The molecule has 2 heterocycles. The minimum atomic E-state index is -1.25. The van der Waals surface area contributed by atoms with Gasteiger partial charge in [0.05, 0.1) is 24.8 Å².